The monoisotopic (exact) mass is 643 g/mol. The highest BCUT2D eigenvalue weighted by atomic mass is 32.1. The second kappa shape index (κ2) is 12.4. The van der Waals surface area contributed by atoms with E-state index in [9.17, 15) is 0 Å². The van der Waals surface area contributed by atoms with Crippen LogP contribution >= 0.6 is 11.3 Å². The molecule has 0 aliphatic carbocycles. The van der Waals surface area contributed by atoms with Crippen LogP contribution in [0.25, 0.3) is 87.7 Å². The third-order valence-electron chi connectivity index (χ3n) is 8.91. The van der Waals surface area contributed by atoms with Gasteiger partial charge in [-0.05, 0) is 23.3 Å². The Bertz CT molecular complexity index is 2500. The number of fused-ring (bicyclic) bond motifs is 3. The number of rotatable bonds is 6. The zero-order valence-corrected chi connectivity index (χ0v) is 27.3. The van der Waals surface area contributed by atoms with E-state index in [2.05, 4.69) is 140 Å². The molecule has 0 bridgehead atoms. The van der Waals surface area contributed by atoms with Gasteiger partial charge in [-0.3, -0.25) is 0 Å². The molecule has 0 atom stereocenters. The molecule has 0 N–H and O–H groups in total. The highest BCUT2D eigenvalue weighted by molar-refractivity contribution is 7.23. The lowest BCUT2D eigenvalue weighted by molar-refractivity contribution is 1.18. The maximum Gasteiger partial charge on any atom is 0.160 e. The van der Waals surface area contributed by atoms with Gasteiger partial charge in [0.25, 0.3) is 0 Å². The molecule has 0 unspecified atom stereocenters. The number of thiophene rings is 1. The fourth-order valence-electron chi connectivity index (χ4n) is 6.54. The molecule has 0 aliphatic rings. The van der Waals surface area contributed by atoms with Gasteiger partial charge in [-0.1, -0.05) is 164 Å². The topological polar surface area (TPSA) is 38.7 Å². The molecule has 3 aromatic heterocycles. The summed E-state index contributed by atoms with van der Waals surface area (Å²) >= 11 is 1.82. The van der Waals surface area contributed by atoms with Crippen molar-refractivity contribution in [2.75, 3.05) is 0 Å². The summed E-state index contributed by atoms with van der Waals surface area (Å²) < 4.78 is 1.19. The normalized spacial score (nSPS) is 11.3. The fourth-order valence-corrected chi connectivity index (χ4v) is 7.90. The van der Waals surface area contributed by atoms with Crippen molar-refractivity contribution in [3.63, 3.8) is 0 Å². The van der Waals surface area contributed by atoms with Crippen molar-refractivity contribution < 1.29 is 0 Å². The first-order valence-electron chi connectivity index (χ1n) is 16.4. The van der Waals surface area contributed by atoms with Crippen LogP contribution in [0.4, 0.5) is 0 Å². The zero-order valence-electron chi connectivity index (χ0n) is 26.5. The van der Waals surface area contributed by atoms with E-state index >= 15 is 0 Å². The van der Waals surface area contributed by atoms with Crippen LogP contribution in [0.2, 0.25) is 0 Å². The minimum Gasteiger partial charge on any atom is -0.246 e. The fraction of sp³-hybridized carbons (Fsp3) is 0. The Hall–Kier alpha value is -6.23. The molecule has 9 rings (SSSR count). The Labute approximate surface area is 288 Å². The van der Waals surface area contributed by atoms with Gasteiger partial charge in [-0.25, -0.2) is 15.0 Å². The number of aromatic nitrogens is 3. The molecule has 3 nitrogen and oxygen atoms in total. The van der Waals surface area contributed by atoms with E-state index in [1.807, 2.05) is 47.7 Å². The molecule has 0 saturated heterocycles. The van der Waals surface area contributed by atoms with Crippen LogP contribution < -0.4 is 0 Å². The highest BCUT2D eigenvalue weighted by Crippen LogP contribution is 2.50. The number of hydrogen-bond acceptors (Lipinski definition) is 4. The van der Waals surface area contributed by atoms with E-state index in [1.165, 1.54) is 26.1 Å². The van der Waals surface area contributed by atoms with Gasteiger partial charge in [0.05, 0.1) is 27.3 Å². The number of para-hydroxylation sites is 1. The molecule has 49 heavy (non-hydrogen) atoms. The van der Waals surface area contributed by atoms with Gasteiger partial charge in [-0.15, -0.1) is 11.3 Å². The maximum atomic E-state index is 5.23. The van der Waals surface area contributed by atoms with Crippen LogP contribution in [-0.4, -0.2) is 15.0 Å². The number of pyridine rings is 1. The Morgan fingerprint density at radius 3 is 1.51 bits per heavy atom. The summed E-state index contributed by atoms with van der Waals surface area (Å²) in [5.74, 6) is 0.712. The molecule has 9 aromatic rings. The minimum atomic E-state index is 0.712. The van der Waals surface area contributed by atoms with Crippen LogP contribution in [0.3, 0.4) is 0 Å². The molecule has 230 valence electrons. The molecule has 6 aromatic carbocycles. The molecule has 0 radical (unpaired) electrons. The quantitative estimate of drug-likeness (QED) is 0.181. The molecule has 4 heteroatoms. The van der Waals surface area contributed by atoms with E-state index in [0.29, 0.717) is 5.82 Å². The van der Waals surface area contributed by atoms with Crippen LogP contribution in [-0.2, 0) is 0 Å². The van der Waals surface area contributed by atoms with E-state index in [1.54, 1.807) is 0 Å². The van der Waals surface area contributed by atoms with E-state index in [-0.39, 0.29) is 0 Å². The summed E-state index contributed by atoms with van der Waals surface area (Å²) in [5, 5.41) is 2.39. The molecule has 0 spiro atoms. The van der Waals surface area contributed by atoms with Crippen molar-refractivity contribution in [2.24, 2.45) is 0 Å². The second-order valence-electron chi connectivity index (χ2n) is 12.0. The summed E-state index contributed by atoms with van der Waals surface area (Å²) in [4.78, 5) is 16.5. The SMILES string of the molecule is c1ccc(-c2cc(-c3ccc(-c4c(-c5ccccc5)sc5c(-c6ccccc6)nc6ccccc6c45)cc3)nc(-c3ccccc3)n2)cc1. The maximum absolute atomic E-state index is 5.23. The summed E-state index contributed by atoms with van der Waals surface area (Å²) in [7, 11) is 0. The first-order valence-corrected chi connectivity index (χ1v) is 17.2. The third-order valence-corrected chi connectivity index (χ3v) is 10.2. The van der Waals surface area contributed by atoms with Gasteiger partial charge in [0.1, 0.15) is 0 Å². The average molecular weight is 644 g/mol. The number of nitrogens with zero attached hydrogens (tertiary/aromatic N) is 3. The van der Waals surface area contributed by atoms with Crippen LogP contribution in [0.1, 0.15) is 0 Å². The van der Waals surface area contributed by atoms with E-state index in [4.69, 9.17) is 15.0 Å². The minimum absolute atomic E-state index is 0.712. The molecule has 0 aliphatic heterocycles. The van der Waals surface area contributed by atoms with E-state index < -0.39 is 0 Å². The number of benzene rings is 6. The van der Waals surface area contributed by atoms with Gasteiger partial charge in [0.15, 0.2) is 5.82 Å². The molecule has 0 amide bonds. The Morgan fingerprint density at radius 2 is 0.878 bits per heavy atom. The van der Waals surface area contributed by atoms with Crippen LogP contribution in [0.5, 0.6) is 0 Å². The van der Waals surface area contributed by atoms with Gasteiger partial charge >= 0.3 is 0 Å². The summed E-state index contributed by atoms with van der Waals surface area (Å²) in [5.41, 5.74) is 11.6. The predicted molar refractivity (Wildman–Crippen MR) is 205 cm³/mol. The Morgan fingerprint density at radius 1 is 0.388 bits per heavy atom. The van der Waals surface area contributed by atoms with Gasteiger partial charge in [-0.2, -0.15) is 0 Å². The Balaban J connectivity index is 1.25. The molecule has 0 fully saturated rings. The van der Waals surface area contributed by atoms with Crippen molar-refractivity contribution >= 4 is 32.3 Å². The summed E-state index contributed by atoms with van der Waals surface area (Å²) in [6, 6.07) is 61.3. The first kappa shape index (κ1) is 29.0. The zero-order chi connectivity index (χ0) is 32.6. The van der Waals surface area contributed by atoms with Crippen molar-refractivity contribution in [1.82, 2.24) is 15.0 Å². The highest BCUT2D eigenvalue weighted by Gasteiger charge is 2.22. The van der Waals surface area contributed by atoms with Crippen molar-refractivity contribution in [3.05, 3.63) is 176 Å². The van der Waals surface area contributed by atoms with Gasteiger partial charge in [0, 0.05) is 43.5 Å². The lowest BCUT2D eigenvalue weighted by Crippen LogP contribution is -1.95. The molecular weight excluding hydrogens is 615 g/mol. The largest absolute Gasteiger partial charge is 0.246 e. The van der Waals surface area contributed by atoms with Crippen LogP contribution in [0, 0.1) is 0 Å². The first-order chi connectivity index (χ1) is 24.3. The van der Waals surface area contributed by atoms with Gasteiger partial charge in [0.2, 0.25) is 0 Å². The predicted octanol–water partition coefficient (Wildman–Crippen LogP) is 12.2. The summed E-state index contributed by atoms with van der Waals surface area (Å²) in [6.07, 6.45) is 0. The van der Waals surface area contributed by atoms with Crippen molar-refractivity contribution in [2.45, 2.75) is 0 Å². The standard InChI is InChI=1S/C45H29N3S/c1-5-15-30(16-6-1)38-29-39(48-45(47-38)35-21-11-4-12-22-35)31-25-27-32(28-26-31)40-41-36-23-13-14-24-37(36)46-42(33-17-7-2-8-18-33)44(41)49-43(40)34-19-9-3-10-20-34/h1-29H. The molecule has 3 heterocycles. The average Bonchev–Trinajstić information content (AvgIpc) is 3.60. The number of hydrogen-bond donors (Lipinski definition) is 0. The summed E-state index contributed by atoms with van der Waals surface area (Å²) in [6.45, 7) is 0. The van der Waals surface area contributed by atoms with Crippen molar-refractivity contribution in [3.8, 4) is 66.7 Å². The van der Waals surface area contributed by atoms with Gasteiger partial charge < -0.3 is 0 Å². The van der Waals surface area contributed by atoms with E-state index in [0.717, 1.165) is 55.8 Å². The molecule has 0 saturated carbocycles. The lowest BCUT2D eigenvalue weighted by atomic mass is 9.94. The lowest BCUT2D eigenvalue weighted by Gasteiger charge is -2.12. The molecular formula is C45H29N3S. The smallest absolute Gasteiger partial charge is 0.160 e. The van der Waals surface area contributed by atoms with Crippen LogP contribution in [0.15, 0.2) is 176 Å². The Kier molecular flexibility index (Phi) is 7.34. The third kappa shape index (κ3) is 5.38. The second-order valence-corrected chi connectivity index (χ2v) is 13.0. The van der Waals surface area contributed by atoms with Crippen molar-refractivity contribution in [1.29, 1.82) is 0 Å².